The third kappa shape index (κ3) is 3.86. The highest BCUT2D eigenvalue weighted by molar-refractivity contribution is 6.11. The van der Waals surface area contributed by atoms with Crippen LogP contribution in [0.3, 0.4) is 0 Å². The molecule has 10 nitrogen and oxygen atoms in total. The number of carbonyl (C=O) groups excluding carboxylic acids is 1. The normalized spacial score (nSPS) is 14.6. The lowest BCUT2D eigenvalue weighted by Gasteiger charge is -2.34. The minimum atomic E-state index is -0.561. The Labute approximate surface area is 197 Å². The van der Waals surface area contributed by atoms with Crippen LogP contribution in [0.1, 0.15) is 17.4 Å². The first kappa shape index (κ1) is 21.9. The van der Waals surface area contributed by atoms with Crippen LogP contribution in [0, 0.1) is 0 Å². The number of aryl methyl sites for hydroxylation is 1. The zero-order valence-electron chi connectivity index (χ0n) is 19.6. The van der Waals surface area contributed by atoms with Gasteiger partial charge in [-0.2, -0.15) is 5.10 Å². The van der Waals surface area contributed by atoms with Crippen LogP contribution < -0.4 is 20.7 Å². The summed E-state index contributed by atoms with van der Waals surface area (Å²) in [4.78, 5) is 25.9. The molecule has 2 aromatic carbocycles. The van der Waals surface area contributed by atoms with Gasteiger partial charge in [-0.1, -0.05) is 6.07 Å². The number of methoxy groups -OCH3 is 1. The van der Waals surface area contributed by atoms with Crippen LogP contribution in [0.25, 0.3) is 21.8 Å². The maximum absolute atomic E-state index is 11.9. The lowest BCUT2D eigenvalue weighted by Crippen LogP contribution is -2.44. The van der Waals surface area contributed by atoms with Crippen molar-refractivity contribution in [3.63, 3.8) is 0 Å². The molecule has 0 aliphatic carbocycles. The predicted octanol–water partition coefficient (Wildman–Crippen LogP) is 2.60. The Kier molecular flexibility index (Phi) is 5.66. The van der Waals surface area contributed by atoms with Crippen LogP contribution in [0.2, 0.25) is 0 Å². The molecule has 1 saturated heterocycles. The van der Waals surface area contributed by atoms with Gasteiger partial charge in [0.15, 0.2) is 5.69 Å². The smallest absolute Gasteiger partial charge is 0.269 e. The van der Waals surface area contributed by atoms with Crippen LogP contribution >= 0.6 is 0 Å². The summed E-state index contributed by atoms with van der Waals surface area (Å²) in [6, 6.07) is 9.83. The van der Waals surface area contributed by atoms with Crippen molar-refractivity contribution >= 4 is 45.0 Å². The molecule has 0 atom stereocenters. The molecular formula is C24H28N8O2. The quantitative estimate of drug-likeness (QED) is 0.451. The molecule has 0 spiro atoms. The molecule has 10 heteroatoms. The van der Waals surface area contributed by atoms with Crippen LogP contribution in [0.15, 0.2) is 36.5 Å². The molecule has 0 bridgehead atoms. The number of hydrogen-bond acceptors (Lipinski definition) is 8. The number of benzene rings is 2. The Morgan fingerprint density at radius 2 is 1.97 bits per heavy atom. The van der Waals surface area contributed by atoms with E-state index in [0.29, 0.717) is 29.1 Å². The van der Waals surface area contributed by atoms with E-state index in [2.05, 4.69) is 44.4 Å². The van der Waals surface area contributed by atoms with Gasteiger partial charge in [-0.25, -0.2) is 9.97 Å². The summed E-state index contributed by atoms with van der Waals surface area (Å²) in [5.41, 5.74) is 9.17. The van der Waals surface area contributed by atoms with Crippen molar-refractivity contribution in [1.29, 1.82) is 0 Å². The number of amides is 1. The Hall–Kier alpha value is -3.92. The highest BCUT2D eigenvalue weighted by Gasteiger charge is 2.19. The van der Waals surface area contributed by atoms with Gasteiger partial charge in [-0.05, 0) is 38.2 Å². The second-order valence-electron chi connectivity index (χ2n) is 8.42. The third-order valence-corrected chi connectivity index (χ3v) is 6.29. The Bertz CT molecular complexity index is 1370. The van der Waals surface area contributed by atoms with E-state index in [1.54, 1.807) is 18.0 Å². The number of nitrogens with zero attached hydrogens (tertiary/aromatic N) is 6. The highest BCUT2D eigenvalue weighted by atomic mass is 16.5. The fraction of sp³-hybridized carbons (Fsp3) is 0.333. The van der Waals surface area contributed by atoms with Crippen LogP contribution in [-0.2, 0) is 6.54 Å². The maximum atomic E-state index is 11.9. The summed E-state index contributed by atoms with van der Waals surface area (Å²) < 4.78 is 7.34. The number of hydrogen-bond donors (Lipinski definition) is 2. The van der Waals surface area contributed by atoms with Crippen LogP contribution in [0.4, 0.5) is 17.3 Å². The minimum Gasteiger partial charge on any atom is -0.495 e. The van der Waals surface area contributed by atoms with Crippen molar-refractivity contribution < 1.29 is 9.53 Å². The number of anilines is 3. The monoisotopic (exact) mass is 460 g/mol. The van der Waals surface area contributed by atoms with Gasteiger partial charge in [0, 0.05) is 55.4 Å². The van der Waals surface area contributed by atoms with Gasteiger partial charge >= 0.3 is 0 Å². The average Bonchev–Trinajstić information content (AvgIpc) is 3.24. The fourth-order valence-electron chi connectivity index (χ4n) is 4.41. The number of primary amides is 1. The third-order valence-electron chi connectivity index (χ3n) is 6.29. The largest absolute Gasteiger partial charge is 0.495 e. The second kappa shape index (κ2) is 8.79. The number of fused-ring (bicyclic) bond motifs is 3. The van der Waals surface area contributed by atoms with E-state index in [9.17, 15) is 4.79 Å². The molecule has 0 saturated carbocycles. The van der Waals surface area contributed by atoms with E-state index in [4.69, 9.17) is 15.5 Å². The Morgan fingerprint density at radius 1 is 1.18 bits per heavy atom. The molecule has 176 valence electrons. The van der Waals surface area contributed by atoms with Gasteiger partial charge in [0.05, 0.1) is 18.3 Å². The van der Waals surface area contributed by atoms with Gasteiger partial charge in [-0.15, -0.1) is 0 Å². The molecule has 3 N–H and O–H groups in total. The number of rotatable bonds is 6. The lowest BCUT2D eigenvalue weighted by molar-refractivity contribution is 0.0996. The molecule has 34 heavy (non-hydrogen) atoms. The van der Waals surface area contributed by atoms with Gasteiger partial charge in [0.25, 0.3) is 5.91 Å². The van der Waals surface area contributed by atoms with Gasteiger partial charge in [-0.3, -0.25) is 9.48 Å². The van der Waals surface area contributed by atoms with Gasteiger partial charge in [0.2, 0.25) is 5.95 Å². The zero-order chi connectivity index (χ0) is 23.8. The molecule has 1 amide bonds. The molecule has 0 radical (unpaired) electrons. The van der Waals surface area contributed by atoms with Crippen molar-refractivity contribution in [2.75, 3.05) is 50.6 Å². The summed E-state index contributed by atoms with van der Waals surface area (Å²) in [6.07, 6.45) is 1.76. The lowest BCUT2D eigenvalue weighted by atomic mass is 10.1. The van der Waals surface area contributed by atoms with E-state index in [-0.39, 0.29) is 5.69 Å². The molecule has 3 heterocycles. The molecule has 4 aromatic rings. The zero-order valence-corrected chi connectivity index (χ0v) is 19.6. The molecule has 0 unspecified atom stereocenters. The van der Waals surface area contributed by atoms with E-state index in [1.807, 2.05) is 25.1 Å². The average molecular weight is 461 g/mol. The first-order chi connectivity index (χ1) is 16.5. The maximum Gasteiger partial charge on any atom is 0.269 e. The van der Waals surface area contributed by atoms with Crippen LogP contribution in [0.5, 0.6) is 5.75 Å². The minimum absolute atomic E-state index is 0.244. The van der Waals surface area contributed by atoms with Crippen molar-refractivity contribution in [2.24, 2.45) is 5.73 Å². The number of aromatic nitrogens is 4. The summed E-state index contributed by atoms with van der Waals surface area (Å²) >= 11 is 0. The molecule has 2 aromatic heterocycles. The predicted molar refractivity (Wildman–Crippen MR) is 133 cm³/mol. The first-order valence-corrected chi connectivity index (χ1v) is 11.3. The number of nitrogens with one attached hydrogen (secondary N) is 1. The summed E-state index contributed by atoms with van der Waals surface area (Å²) in [5, 5.41) is 9.26. The standard InChI is InChI=1S/C24H28N8O2/c1-4-32-22-17(21(29-32)23(25)33)7-5-15-14-26-24(28-20(15)22)27-18-13-16(6-8-19(18)34-3)31-11-9-30(2)10-12-31/h5-8,13-14H,4,9-12H2,1-3H3,(H2,25,33)(H,26,27,28). The molecule has 1 aliphatic rings. The van der Waals surface area contributed by atoms with Gasteiger partial charge < -0.3 is 25.6 Å². The van der Waals surface area contributed by atoms with Gasteiger partial charge in [0.1, 0.15) is 11.3 Å². The second-order valence-corrected chi connectivity index (χ2v) is 8.42. The Morgan fingerprint density at radius 3 is 2.68 bits per heavy atom. The molecule has 1 fully saturated rings. The number of piperazine rings is 1. The fourth-order valence-corrected chi connectivity index (χ4v) is 4.41. The van der Waals surface area contributed by atoms with E-state index >= 15 is 0 Å². The van der Waals surface area contributed by atoms with Crippen LogP contribution in [-0.4, -0.2) is 70.9 Å². The molecule has 5 rings (SSSR count). The highest BCUT2D eigenvalue weighted by Crippen LogP contribution is 2.33. The van der Waals surface area contributed by atoms with Crippen molar-refractivity contribution in [1.82, 2.24) is 24.6 Å². The van der Waals surface area contributed by atoms with Crippen molar-refractivity contribution in [3.05, 3.63) is 42.2 Å². The van der Waals surface area contributed by atoms with E-state index < -0.39 is 5.91 Å². The number of ether oxygens (including phenoxy) is 1. The van der Waals surface area contributed by atoms with Crippen molar-refractivity contribution in [2.45, 2.75) is 13.5 Å². The SMILES string of the molecule is CCn1nc(C(N)=O)c2ccc3cnc(Nc4cc(N5CCN(C)CC5)ccc4OC)nc3c21. The first-order valence-electron chi connectivity index (χ1n) is 11.3. The topological polar surface area (TPSA) is 114 Å². The number of likely N-dealkylation sites (N-methyl/N-ethyl adjacent to an activating group) is 1. The number of carbonyl (C=O) groups is 1. The van der Waals surface area contributed by atoms with E-state index in [1.165, 1.54) is 0 Å². The molecule has 1 aliphatic heterocycles. The van der Waals surface area contributed by atoms with E-state index in [0.717, 1.165) is 48.5 Å². The molecular weight excluding hydrogens is 432 g/mol. The summed E-state index contributed by atoms with van der Waals surface area (Å²) in [7, 11) is 3.79. The number of nitrogens with two attached hydrogens (primary N) is 1. The van der Waals surface area contributed by atoms with Crippen molar-refractivity contribution in [3.8, 4) is 5.75 Å². The summed E-state index contributed by atoms with van der Waals surface area (Å²) in [5.74, 6) is 0.571. The Balaban J connectivity index is 1.55. The summed E-state index contributed by atoms with van der Waals surface area (Å²) in [6.45, 7) is 6.53.